The third-order valence-electron chi connectivity index (χ3n) is 2.25. The predicted octanol–water partition coefficient (Wildman–Crippen LogP) is 2.96. The summed E-state index contributed by atoms with van der Waals surface area (Å²) in [6.45, 7) is 1.52. The first-order valence-electron chi connectivity index (χ1n) is 4.42. The molecule has 5 nitrogen and oxygen atoms in total. The van der Waals surface area contributed by atoms with Crippen molar-refractivity contribution in [2.75, 3.05) is 0 Å². The van der Waals surface area contributed by atoms with Gasteiger partial charge in [0.15, 0.2) is 5.82 Å². The highest BCUT2D eigenvalue weighted by molar-refractivity contribution is 14.1. The lowest BCUT2D eigenvalue weighted by Gasteiger charge is -2.03. The highest BCUT2D eigenvalue weighted by Crippen LogP contribution is 2.28. The number of carboxylic acid groups (broad SMARTS) is 1. The number of hydrogen-bond acceptors (Lipinski definition) is 4. The number of carboxylic acids is 1. The second kappa shape index (κ2) is 4.78. The van der Waals surface area contributed by atoms with E-state index in [-0.39, 0.29) is 16.8 Å². The average Bonchev–Trinajstić information content (AvgIpc) is 2.64. The van der Waals surface area contributed by atoms with Gasteiger partial charge in [0.05, 0.1) is 17.4 Å². The Bertz CT molecular complexity index is 601. The summed E-state index contributed by atoms with van der Waals surface area (Å²) in [6.07, 6.45) is 1.42. The van der Waals surface area contributed by atoms with E-state index in [0.29, 0.717) is 5.52 Å². The summed E-state index contributed by atoms with van der Waals surface area (Å²) in [4.78, 5) is 14.9. The summed E-state index contributed by atoms with van der Waals surface area (Å²) in [5, 5.41) is 9.24. The normalized spacial score (nSPS) is 11.0. The Morgan fingerprint density at radius 2 is 2.41 bits per heavy atom. The summed E-state index contributed by atoms with van der Waals surface area (Å²) in [5.41, 5.74) is 0.534. The van der Waals surface area contributed by atoms with Crippen molar-refractivity contribution >= 4 is 52.1 Å². The van der Waals surface area contributed by atoms with E-state index in [4.69, 9.17) is 7.62 Å². The monoisotopic (exact) mass is 368 g/mol. The third-order valence-corrected chi connectivity index (χ3v) is 3.33. The minimum atomic E-state index is -1.15. The topological polar surface area (TPSA) is 64.3 Å². The number of aromatic carboxylic acids is 1. The molecule has 2 heterocycles. The maximum Gasteiger partial charge on any atom is 0.353 e. The summed E-state index contributed by atoms with van der Waals surface area (Å²) in [7, 11) is 0. The van der Waals surface area contributed by atoms with Crippen LogP contribution in [0.5, 0.6) is 0 Å². The molecular formula is C9H6FIN2O3S. The molecule has 2 aromatic heterocycles. The van der Waals surface area contributed by atoms with E-state index in [1.54, 1.807) is 23.0 Å². The molecule has 0 unspecified atom stereocenters. The molecule has 0 spiro atoms. The summed E-state index contributed by atoms with van der Waals surface area (Å²) >= 11 is 2.41. The highest BCUT2D eigenvalue weighted by atomic mass is 127. The molecule has 2 aromatic rings. The smallest absolute Gasteiger partial charge is 0.353 e. The SMILES string of the molecule is Cc1ncc2c(cc(C(=O)O)n2SOI)c1F. The summed E-state index contributed by atoms with van der Waals surface area (Å²) in [5.74, 6) is -1.67. The Balaban J connectivity index is 2.79. The van der Waals surface area contributed by atoms with Crippen molar-refractivity contribution in [2.45, 2.75) is 6.92 Å². The molecule has 8 heteroatoms. The zero-order valence-electron chi connectivity index (χ0n) is 8.48. The fraction of sp³-hybridized carbons (Fsp3) is 0.111. The molecular weight excluding hydrogens is 362 g/mol. The van der Waals surface area contributed by atoms with Crippen molar-refractivity contribution in [1.82, 2.24) is 8.96 Å². The van der Waals surface area contributed by atoms with E-state index in [1.807, 2.05) is 0 Å². The lowest BCUT2D eigenvalue weighted by Crippen LogP contribution is -2.02. The molecule has 0 aliphatic carbocycles. The Hall–Kier alpha value is -0.870. The first kappa shape index (κ1) is 12.6. The van der Waals surface area contributed by atoms with Crippen molar-refractivity contribution in [1.29, 1.82) is 0 Å². The zero-order chi connectivity index (χ0) is 12.6. The second-order valence-corrected chi connectivity index (χ2v) is 4.94. The van der Waals surface area contributed by atoms with E-state index >= 15 is 0 Å². The number of pyridine rings is 1. The van der Waals surface area contributed by atoms with Gasteiger partial charge in [-0.2, -0.15) is 0 Å². The van der Waals surface area contributed by atoms with Crippen LogP contribution in [0.25, 0.3) is 10.9 Å². The summed E-state index contributed by atoms with van der Waals surface area (Å²) < 4.78 is 19.8. The third kappa shape index (κ3) is 2.11. The molecule has 0 saturated heterocycles. The fourth-order valence-corrected chi connectivity index (χ4v) is 2.45. The van der Waals surface area contributed by atoms with Gasteiger partial charge in [0.1, 0.15) is 40.9 Å². The van der Waals surface area contributed by atoms with Crippen LogP contribution in [0.15, 0.2) is 12.3 Å². The number of nitrogens with zero attached hydrogens (tertiary/aromatic N) is 2. The van der Waals surface area contributed by atoms with Gasteiger partial charge in [-0.15, -0.1) is 0 Å². The maximum absolute atomic E-state index is 13.8. The van der Waals surface area contributed by atoms with Gasteiger partial charge >= 0.3 is 5.97 Å². The molecule has 0 fully saturated rings. The van der Waals surface area contributed by atoms with E-state index in [2.05, 4.69) is 4.98 Å². The van der Waals surface area contributed by atoms with E-state index in [1.165, 1.54) is 23.2 Å². The average molecular weight is 368 g/mol. The van der Waals surface area contributed by atoms with Crippen molar-refractivity contribution in [3.8, 4) is 0 Å². The number of rotatable bonds is 3. The Morgan fingerprint density at radius 1 is 1.71 bits per heavy atom. The lowest BCUT2D eigenvalue weighted by molar-refractivity contribution is 0.0690. The minimum absolute atomic E-state index is 0.0621. The van der Waals surface area contributed by atoms with Crippen LogP contribution in [0.1, 0.15) is 16.2 Å². The lowest BCUT2D eigenvalue weighted by atomic mass is 10.2. The molecule has 0 atom stereocenters. The van der Waals surface area contributed by atoms with Crippen LogP contribution in [0, 0.1) is 12.7 Å². The molecule has 0 aliphatic heterocycles. The largest absolute Gasteiger partial charge is 0.477 e. The Labute approximate surface area is 114 Å². The minimum Gasteiger partial charge on any atom is -0.477 e. The summed E-state index contributed by atoms with van der Waals surface area (Å²) in [6, 6.07) is 1.27. The molecule has 17 heavy (non-hydrogen) atoms. The van der Waals surface area contributed by atoms with Crippen molar-refractivity contribution in [3.05, 3.63) is 29.5 Å². The van der Waals surface area contributed by atoms with Gasteiger partial charge in [0.25, 0.3) is 0 Å². The van der Waals surface area contributed by atoms with Gasteiger partial charge in [0.2, 0.25) is 0 Å². The van der Waals surface area contributed by atoms with Crippen molar-refractivity contribution in [3.63, 3.8) is 0 Å². The van der Waals surface area contributed by atoms with Gasteiger partial charge < -0.3 is 5.11 Å². The van der Waals surface area contributed by atoms with Gasteiger partial charge in [-0.25, -0.2) is 11.7 Å². The zero-order valence-corrected chi connectivity index (χ0v) is 11.5. The van der Waals surface area contributed by atoms with Crippen LogP contribution in [-0.2, 0) is 2.51 Å². The molecule has 1 N–H and O–H groups in total. The van der Waals surface area contributed by atoms with Crippen LogP contribution in [0.4, 0.5) is 4.39 Å². The number of fused-ring (bicyclic) bond motifs is 1. The Morgan fingerprint density at radius 3 is 3.00 bits per heavy atom. The van der Waals surface area contributed by atoms with Crippen LogP contribution in [0.2, 0.25) is 0 Å². The van der Waals surface area contributed by atoms with E-state index < -0.39 is 11.8 Å². The highest BCUT2D eigenvalue weighted by Gasteiger charge is 2.19. The first-order valence-corrected chi connectivity index (χ1v) is 5.99. The maximum atomic E-state index is 13.8. The first-order chi connectivity index (χ1) is 8.06. The molecule has 0 saturated carbocycles. The molecule has 90 valence electrons. The number of aryl methyl sites for hydroxylation is 1. The predicted molar refractivity (Wildman–Crippen MR) is 69.5 cm³/mol. The van der Waals surface area contributed by atoms with Crippen LogP contribution in [0.3, 0.4) is 0 Å². The second-order valence-electron chi connectivity index (χ2n) is 3.22. The van der Waals surface area contributed by atoms with Gasteiger partial charge in [-0.3, -0.25) is 8.96 Å². The molecule has 0 amide bonds. The number of hydrogen-bond donors (Lipinski definition) is 1. The number of aromatic nitrogens is 2. The number of halogens is 2. The van der Waals surface area contributed by atoms with Crippen LogP contribution < -0.4 is 0 Å². The van der Waals surface area contributed by atoms with Crippen LogP contribution in [-0.4, -0.2) is 20.0 Å². The molecule has 2 rings (SSSR count). The van der Waals surface area contributed by atoms with Crippen molar-refractivity contribution < 1.29 is 16.8 Å². The standard InChI is InChI=1S/C9H6FIN2O3S/c1-4-8(10)5-2-6(9(14)15)13(17-16-11)7(5)3-12-4/h2-3H,1H3,(H,14,15). The van der Waals surface area contributed by atoms with Crippen molar-refractivity contribution in [2.24, 2.45) is 0 Å². The fourth-order valence-electron chi connectivity index (χ4n) is 1.47. The molecule has 0 bridgehead atoms. The number of carbonyl (C=O) groups is 1. The quantitative estimate of drug-likeness (QED) is 0.667. The van der Waals surface area contributed by atoms with E-state index in [9.17, 15) is 9.18 Å². The van der Waals surface area contributed by atoms with Gasteiger partial charge in [-0.05, 0) is 13.0 Å². The van der Waals surface area contributed by atoms with Gasteiger partial charge in [0, 0.05) is 5.39 Å². The van der Waals surface area contributed by atoms with Gasteiger partial charge in [-0.1, -0.05) is 0 Å². The molecule has 0 aromatic carbocycles. The van der Waals surface area contributed by atoms with Crippen LogP contribution >= 0.6 is 35.2 Å². The molecule has 0 radical (unpaired) electrons. The Kier molecular flexibility index (Phi) is 3.54. The van der Waals surface area contributed by atoms with E-state index in [0.717, 1.165) is 12.2 Å². The molecule has 0 aliphatic rings.